The van der Waals surface area contributed by atoms with Crippen LogP contribution in [0.15, 0.2) is 24.3 Å². The van der Waals surface area contributed by atoms with Crippen LogP contribution in [0.25, 0.3) is 0 Å². The fourth-order valence-electron chi connectivity index (χ4n) is 1.11. The van der Waals surface area contributed by atoms with Gasteiger partial charge in [0.1, 0.15) is 0 Å². The topological polar surface area (TPSA) is 88.0 Å². The molecule has 0 saturated carbocycles. The van der Waals surface area contributed by atoms with Crippen LogP contribution in [-0.4, -0.2) is 23.5 Å². The van der Waals surface area contributed by atoms with Crippen LogP contribution >= 0.6 is 0 Å². The van der Waals surface area contributed by atoms with E-state index in [0.717, 1.165) is 0 Å². The van der Waals surface area contributed by atoms with Crippen LogP contribution in [0.3, 0.4) is 0 Å². The molecule has 0 unspecified atom stereocenters. The Bertz CT molecular complexity index is 342. The van der Waals surface area contributed by atoms with Gasteiger partial charge in [-0.15, -0.1) is 0 Å². The molecule has 6 nitrogen and oxygen atoms in total. The molecule has 80 valence electrons. The Morgan fingerprint density at radius 3 is 2.60 bits per heavy atom. The van der Waals surface area contributed by atoms with Crippen molar-refractivity contribution in [3.63, 3.8) is 0 Å². The Morgan fingerprint density at radius 1 is 1.40 bits per heavy atom. The van der Waals surface area contributed by atoms with E-state index in [1.165, 1.54) is 13.0 Å². The van der Waals surface area contributed by atoms with Crippen LogP contribution in [0.2, 0.25) is 0 Å². The Balaban J connectivity index is 2.86. The third kappa shape index (κ3) is 3.33. The number of amides is 1. The summed E-state index contributed by atoms with van der Waals surface area (Å²) in [6, 6.07) is 6.32. The van der Waals surface area contributed by atoms with Gasteiger partial charge in [-0.25, -0.2) is 0 Å². The highest BCUT2D eigenvalue weighted by Crippen LogP contribution is 2.04. The van der Waals surface area contributed by atoms with E-state index >= 15 is 0 Å². The van der Waals surface area contributed by atoms with Crippen LogP contribution in [0, 0.1) is 0 Å². The van der Waals surface area contributed by atoms with Gasteiger partial charge in [-0.2, -0.15) is 0 Å². The molecule has 0 radical (unpaired) electrons. The van der Waals surface area contributed by atoms with Gasteiger partial charge in [0, 0.05) is 12.6 Å². The van der Waals surface area contributed by atoms with E-state index in [1.807, 2.05) is 0 Å². The van der Waals surface area contributed by atoms with Gasteiger partial charge in [0.2, 0.25) is 5.91 Å². The highest BCUT2D eigenvalue weighted by molar-refractivity contribution is 6.60. The normalized spacial score (nSPS) is 9.80. The van der Waals surface area contributed by atoms with Crippen LogP contribution in [0.1, 0.15) is 6.92 Å². The molecular formula is C8H10BNO5. The van der Waals surface area contributed by atoms with Gasteiger partial charge in [-0.3, -0.25) is 24.9 Å². The quantitative estimate of drug-likeness (QED) is 0.379. The molecule has 1 aromatic carbocycles. The summed E-state index contributed by atoms with van der Waals surface area (Å²) in [4.78, 5) is 18.5. The first-order chi connectivity index (χ1) is 7.17. The lowest BCUT2D eigenvalue weighted by atomic mass is 9.80. The van der Waals surface area contributed by atoms with Crippen molar-refractivity contribution >= 4 is 24.2 Å². The zero-order valence-electron chi connectivity index (χ0n) is 8.01. The molecule has 0 bridgehead atoms. The predicted molar refractivity (Wildman–Crippen MR) is 53.6 cm³/mol. The smallest absolute Gasteiger partial charge is 0.326 e. The minimum atomic E-state index is -1.29. The van der Waals surface area contributed by atoms with E-state index in [0.29, 0.717) is 11.2 Å². The number of carbonyl (C=O) groups excluding carboxylic acids is 1. The van der Waals surface area contributed by atoms with Crippen molar-refractivity contribution in [1.29, 1.82) is 0 Å². The summed E-state index contributed by atoms with van der Waals surface area (Å²) in [6.45, 7) is 1.37. The monoisotopic (exact) mass is 211 g/mol. The van der Waals surface area contributed by atoms with Gasteiger partial charge >= 0.3 is 7.12 Å². The Kier molecular flexibility index (Phi) is 4.25. The number of rotatable bonds is 4. The molecule has 3 N–H and O–H groups in total. The lowest BCUT2D eigenvalue weighted by molar-refractivity contribution is -0.221. The molecule has 0 aliphatic carbocycles. The summed E-state index contributed by atoms with van der Waals surface area (Å²) in [6.07, 6.45) is 0. The molecule has 0 saturated heterocycles. The second kappa shape index (κ2) is 5.47. The van der Waals surface area contributed by atoms with Gasteiger partial charge in [-0.05, 0) is 17.6 Å². The Labute approximate surface area is 86.4 Å². The van der Waals surface area contributed by atoms with Crippen molar-refractivity contribution in [2.75, 3.05) is 5.32 Å². The molecule has 15 heavy (non-hydrogen) atoms. The first kappa shape index (κ1) is 11.7. The third-order valence-corrected chi connectivity index (χ3v) is 1.67. The maximum Gasteiger partial charge on any atom is 0.554 e. The molecule has 0 aliphatic heterocycles. The largest absolute Gasteiger partial charge is 0.554 e. The van der Waals surface area contributed by atoms with Crippen LogP contribution < -0.4 is 10.8 Å². The fourth-order valence-corrected chi connectivity index (χ4v) is 1.11. The third-order valence-electron chi connectivity index (χ3n) is 1.67. The Morgan fingerprint density at radius 2 is 2.07 bits per heavy atom. The SMILES string of the molecule is CC(=O)Nc1cccc(B(OO)OO)c1. The second-order valence-corrected chi connectivity index (χ2v) is 2.85. The molecule has 0 fully saturated rings. The van der Waals surface area contributed by atoms with Crippen molar-refractivity contribution < 1.29 is 24.9 Å². The number of hydrogen-bond donors (Lipinski definition) is 3. The van der Waals surface area contributed by atoms with Crippen LogP contribution in [-0.2, 0) is 14.4 Å². The average Bonchev–Trinajstić information content (AvgIpc) is 2.19. The van der Waals surface area contributed by atoms with Gasteiger partial charge in [0.15, 0.2) is 0 Å². The predicted octanol–water partition coefficient (Wildman–Crippen LogP) is 0.319. The Hall–Kier alpha value is -1.41. The van der Waals surface area contributed by atoms with Crippen LogP contribution in [0.4, 0.5) is 5.69 Å². The highest BCUT2D eigenvalue weighted by Gasteiger charge is 2.22. The minimum absolute atomic E-state index is 0.224. The fraction of sp³-hybridized carbons (Fsp3) is 0.125. The lowest BCUT2D eigenvalue weighted by Crippen LogP contribution is -2.35. The van der Waals surface area contributed by atoms with E-state index in [4.69, 9.17) is 10.5 Å². The molecule has 7 heteroatoms. The number of hydrogen-bond acceptors (Lipinski definition) is 5. The number of benzene rings is 1. The van der Waals surface area contributed by atoms with Crippen LogP contribution in [0.5, 0.6) is 0 Å². The molecule has 0 aromatic heterocycles. The second-order valence-electron chi connectivity index (χ2n) is 2.85. The van der Waals surface area contributed by atoms with E-state index < -0.39 is 7.12 Å². The van der Waals surface area contributed by atoms with E-state index in [1.54, 1.807) is 18.2 Å². The number of carbonyl (C=O) groups is 1. The lowest BCUT2D eigenvalue weighted by Gasteiger charge is -2.07. The number of anilines is 1. The zero-order valence-corrected chi connectivity index (χ0v) is 8.01. The van der Waals surface area contributed by atoms with E-state index in [-0.39, 0.29) is 5.91 Å². The van der Waals surface area contributed by atoms with Gasteiger partial charge in [0.05, 0.1) is 0 Å². The first-order valence-electron chi connectivity index (χ1n) is 4.15. The molecule has 0 aliphatic rings. The van der Waals surface area contributed by atoms with Gasteiger partial charge in [0.25, 0.3) is 0 Å². The summed E-state index contributed by atoms with van der Waals surface area (Å²) in [5.41, 5.74) is 0.880. The summed E-state index contributed by atoms with van der Waals surface area (Å²) < 4.78 is 0. The summed E-state index contributed by atoms with van der Waals surface area (Å²) in [5.74, 6) is -0.224. The van der Waals surface area contributed by atoms with Gasteiger partial charge < -0.3 is 5.32 Å². The van der Waals surface area contributed by atoms with Crippen molar-refractivity contribution in [3.8, 4) is 0 Å². The molecule has 0 spiro atoms. The maximum atomic E-state index is 10.8. The molecule has 1 aromatic rings. The summed E-state index contributed by atoms with van der Waals surface area (Å²) >= 11 is 0. The number of nitrogens with one attached hydrogen (secondary N) is 1. The highest BCUT2D eigenvalue weighted by atomic mass is 17.2. The molecule has 0 atom stereocenters. The summed E-state index contributed by atoms with van der Waals surface area (Å²) in [7, 11) is -1.29. The van der Waals surface area contributed by atoms with E-state index in [2.05, 4.69) is 14.9 Å². The molecule has 1 amide bonds. The minimum Gasteiger partial charge on any atom is -0.326 e. The van der Waals surface area contributed by atoms with Crippen molar-refractivity contribution in [2.24, 2.45) is 0 Å². The molecular weight excluding hydrogens is 201 g/mol. The van der Waals surface area contributed by atoms with Crippen molar-refractivity contribution in [3.05, 3.63) is 24.3 Å². The van der Waals surface area contributed by atoms with E-state index in [9.17, 15) is 4.79 Å². The summed E-state index contributed by atoms with van der Waals surface area (Å²) in [5, 5.41) is 19.3. The molecule has 0 heterocycles. The molecule has 1 rings (SSSR count). The van der Waals surface area contributed by atoms with Gasteiger partial charge in [-0.1, -0.05) is 12.1 Å². The first-order valence-corrected chi connectivity index (χ1v) is 4.15. The van der Waals surface area contributed by atoms with Crippen molar-refractivity contribution in [2.45, 2.75) is 6.92 Å². The zero-order chi connectivity index (χ0) is 11.3. The maximum absolute atomic E-state index is 10.8. The standard InChI is InChI=1S/C8H10BNO5/c1-6(11)10-8-4-2-3-7(5-8)9(14-12)15-13/h2-5,12-13H,1H3,(H,10,11). The average molecular weight is 211 g/mol. The van der Waals surface area contributed by atoms with Crippen molar-refractivity contribution in [1.82, 2.24) is 0 Å².